The lowest BCUT2D eigenvalue weighted by Gasteiger charge is -1.99. The van der Waals surface area contributed by atoms with Crippen LogP contribution in [0.4, 0.5) is 0 Å². The van der Waals surface area contributed by atoms with Gasteiger partial charge in [-0.3, -0.25) is 0 Å². The van der Waals surface area contributed by atoms with Crippen LogP contribution in [0.25, 0.3) is 0 Å². The van der Waals surface area contributed by atoms with Crippen LogP contribution in [0.2, 0.25) is 0 Å². The van der Waals surface area contributed by atoms with E-state index in [0.29, 0.717) is 12.1 Å². The van der Waals surface area contributed by atoms with Crippen molar-refractivity contribution in [2.24, 2.45) is 0 Å². The fraction of sp³-hybridized carbons (Fsp3) is 0.182. The molecule has 6 heteroatoms. The molecule has 0 aromatic carbocycles. The van der Waals surface area contributed by atoms with Gasteiger partial charge in [-0.1, -0.05) is 0 Å². The van der Waals surface area contributed by atoms with Gasteiger partial charge in [-0.25, -0.2) is 4.79 Å². The van der Waals surface area contributed by atoms with Crippen LogP contribution in [0.1, 0.15) is 20.1 Å². The molecule has 0 spiro atoms. The molecule has 17 heavy (non-hydrogen) atoms. The van der Waals surface area contributed by atoms with Gasteiger partial charge in [0.2, 0.25) is 0 Å². The van der Waals surface area contributed by atoms with E-state index in [1.807, 2.05) is 5.38 Å². The fourth-order valence-corrected chi connectivity index (χ4v) is 3.59. The molecule has 0 amide bonds. The molecule has 90 valence electrons. The van der Waals surface area contributed by atoms with Gasteiger partial charge in [-0.2, -0.15) is 0 Å². The highest BCUT2D eigenvalue weighted by Gasteiger charge is 2.06. The number of thiophene rings is 2. The van der Waals surface area contributed by atoms with Crippen molar-refractivity contribution in [3.63, 3.8) is 0 Å². The lowest BCUT2D eigenvalue weighted by atomic mass is 10.3. The van der Waals surface area contributed by atoms with E-state index < -0.39 is 5.97 Å². The molecule has 3 nitrogen and oxygen atoms in total. The number of carbonyl (C=O) groups is 1. The van der Waals surface area contributed by atoms with Crippen LogP contribution < -0.4 is 5.32 Å². The molecule has 0 unspecified atom stereocenters. The zero-order valence-electron chi connectivity index (χ0n) is 8.77. The highest BCUT2D eigenvalue weighted by atomic mass is 79.9. The summed E-state index contributed by atoms with van der Waals surface area (Å²) in [6.07, 6.45) is 0. The molecule has 0 saturated heterocycles. The quantitative estimate of drug-likeness (QED) is 0.880. The van der Waals surface area contributed by atoms with Gasteiger partial charge in [0, 0.05) is 38.1 Å². The summed E-state index contributed by atoms with van der Waals surface area (Å²) in [4.78, 5) is 13.0. The lowest BCUT2D eigenvalue weighted by molar-refractivity contribution is 0.0697. The number of nitrogens with one attached hydrogen (secondary N) is 1. The van der Waals surface area contributed by atoms with E-state index in [9.17, 15) is 4.79 Å². The molecule has 2 aromatic rings. The highest BCUT2D eigenvalue weighted by Crippen LogP contribution is 2.20. The van der Waals surface area contributed by atoms with Gasteiger partial charge in [0.15, 0.2) is 0 Å². The number of hydrogen-bond donors (Lipinski definition) is 2. The van der Waals surface area contributed by atoms with E-state index in [1.54, 1.807) is 22.8 Å². The maximum atomic E-state index is 10.7. The van der Waals surface area contributed by atoms with Crippen LogP contribution in [-0.4, -0.2) is 11.1 Å². The maximum absolute atomic E-state index is 10.7. The van der Waals surface area contributed by atoms with Gasteiger partial charge < -0.3 is 10.4 Å². The van der Waals surface area contributed by atoms with Crippen LogP contribution in [0.5, 0.6) is 0 Å². The van der Waals surface area contributed by atoms with E-state index in [2.05, 4.69) is 27.3 Å². The van der Waals surface area contributed by atoms with Gasteiger partial charge >= 0.3 is 5.97 Å². The average molecular weight is 332 g/mol. The Bertz CT molecular complexity index is 521. The van der Waals surface area contributed by atoms with Crippen LogP contribution in [0.3, 0.4) is 0 Å². The first kappa shape index (κ1) is 12.8. The SMILES string of the molecule is O=C(O)c1csc(CNCc2cc(Br)cs2)c1. The molecule has 0 aliphatic heterocycles. The molecule has 2 heterocycles. The molecule has 0 aliphatic carbocycles. The van der Waals surface area contributed by atoms with E-state index in [-0.39, 0.29) is 0 Å². The summed E-state index contributed by atoms with van der Waals surface area (Å²) in [7, 11) is 0. The largest absolute Gasteiger partial charge is 0.478 e. The Morgan fingerprint density at radius 1 is 1.24 bits per heavy atom. The van der Waals surface area contributed by atoms with Crippen molar-refractivity contribution in [3.8, 4) is 0 Å². The third kappa shape index (κ3) is 3.64. The van der Waals surface area contributed by atoms with E-state index >= 15 is 0 Å². The smallest absolute Gasteiger partial charge is 0.336 e. The Labute approximate surface area is 115 Å². The number of aromatic carboxylic acids is 1. The highest BCUT2D eigenvalue weighted by molar-refractivity contribution is 9.10. The first-order valence-corrected chi connectivity index (χ1v) is 7.44. The maximum Gasteiger partial charge on any atom is 0.336 e. The van der Waals surface area contributed by atoms with Crippen LogP contribution in [-0.2, 0) is 13.1 Å². The standard InChI is InChI=1S/C11H10BrNO2S2/c12-8-2-10(17-6-8)4-13-3-9-1-7(5-16-9)11(14)15/h1-2,5-6,13H,3-4H2,(H,14,15). The first-order chi connectivity index (χ1) is 8.15. The monoisotopic (exact) mass is 331 g/mol. The number of halogens is 1. The van der Waals surface area contributed by atoms with Gasteiger partial charge in [0.05, 0.1) is 5.56 Å². The van der Waals surface area contributed by atoms with E-state index in [1.165, 1.54) is 16.2 Å². The normalized spacial score (nSPS) is 10.6. The second kappa shape index (κ2) is 5.77. The predicted molar refractivity (Wildman–Crippen MR) is 73.8 cm³/mol. The lowest BCUT2D eigenvalue weighted by Crippen LogP contribution is -2.10. The summed E-state index contributed by atoms with van der Waals surface area (Å²) in [6, 6.07) is 3.79. The van der Waals surface area contributed by atoms with Crippen LogP contribution in [0, 0.1) is 0 Å². The summed E-state index contributed by atoms with van der Waals surface area (Å²) in [5.74, 6) is -0.866. The summed E-state index contributed by atoms with van der Waals surface area (Å²) in [6.45, 7) is 1.50. The van der Waals surface area contributed by atoms with Gasteiger partial charge in [0.1, 0.15) is 0 Å². The Morgan fingerprint density at radius 3 is 2.41 bits per heavy atom. The molecule has 0 fully saturated rings. The molecule has 0 bridgehead atoms. The second-order valence-corrected chi connectivity index (χ2v) is 6.35. The Hall–Kier alpha value is -0.690. The molecule has 0 radical (unpaired) electrons. The van der Waals surface area contributed by atoms with Crippen molar-refractivity contribution in [1.82, 2.24) is 5.32 Å². The number of hydrogen-bond acceptors (Lipinski definition) is 4. The summed E-state index contributed by atoms with van der Waals surface area (Å²) >= 11 is 6.57. The minimum atomic E-state index is -0.866. The van der Waals surface area contributed by atoms with Crippen LogP contribution >= 0.6 is 38.6 Å². The second-order valence-electron chi connectivity index (χ2n) is 3.44. The summed E-state index contributed by atoms with van der Waals surface area (Å²) < 4.78 is 1.10. The topological polar surface area (TPSA) is 49.3 Å². The third-order valence-corrected chi connectivity index (χ3v) is 4.76. The molecule has 2 aromatic heterocycles. The van der Waals surface area contributed by atoms with Crippen molar-refractivity contribution >= 4 is 44.6 Å². The zero-order chi connectivity index (χ0) is 12.3. The van der Waals surface area contributed by atoms with Crippen molar-refractivity contribution < 1.29 is 9.90 Å². The van der Waals surface area contributed by atoms with E-state index in [4.69, 9.17) is 5.11 Å². The molecule has 0 aliphatic rings. The number of rotatable bonds is 5. The number of carboxylic acids is 1. The first-order valence-electron chi connectivity index (χ1n) is 4.89. The van der Waals surface area contributed by atoms with Crippen molar-refractivity contribution in [3.05, 3.63) is 42.7 Å². The molecular formula is C11H10BrNO2S2. The van der Waals surface area contributed by atoms with Crippen molar-refractivity contribution in [2.75, 3.05) is 0 Å². The molecular weight excluding hydrogens is 322 g/mol. The van der Waals surface area contributed by atoms with Gasteiger partial charge in [-0.05, 0) is 28.1 Å². The minimum absolute atomic E-state index is 0.366. The average Bonchev–Trinajstić information content (AvgIpc) is 2.88. The Balaban J connectivity index is 1.83. The fourth-order valence-electron chi connectivity index (χ4n) is 1.34. The van der Waals surface area contributed by atoms with Crippen LogP contribution in [0.15, 0.2) is 27.4 Å². The molecule has 0 atom stereocenters. The third-order valence-electron chi connectivity index (χ3n) is 2.12. The van der Waals surface area contributed by atoms with Crippen molar-refractivity contribution in [1.29, 1.82) is 0 Å². The minimum Gasteiger partial charge on any atom is -0.478 e. The van der Waals surface area contributed by atoms with Gasteiger partial charge in [-0.15, -0.1) is 22.7 Å². The Kier molecular flexibility index (Phi) is 4.33. The number of carboxylic acid groups (broad SMARTS) is 1. The molecule has 0 saturated carbocycles. The predicted octanol–water partition coefficient (Wildman–Crippen LogP) is 3.56. The zero-order valence-corrected chi connectivity index (χ0v) is 12.0. The summed E-state index contributed by atoms with van der Waals surface area (Å²) in [5.41, 5.74) is 0.366. The molecule has 2 N–H and O–H groups in total. The van der Waals surface area contributed by atoms with Gasteiger partial charge in [0.25, 0.3) is 0 Å². The Morgan fingerprint density at radius 2 is 1.88 bits per heavy atom. The van der Waals surface area contributed by atoms with Crippen molar-refractivity contribution in [2.45, 2.75) is 13.1 Å². The summed E-state index contributed by atoms with van der Waals surface area (Å²) in [5, 5.41) is 15.8. The molecule has 2 rings (SSSR count). The van der Waals surface area contributed by atoms with E-state index in [0.717, 1.165) is 15.9 Å².